The number of nitrogens with one attached hydrogen (secondary N) is 3. The lowest BCUT2D eigenvalue weighted by Crippen LogP contribution is -2.23. The number of benzene rings is 2. The number of H-pyrrole nitrogens is 2. The van der Waals surface area contributed by atoms with Gasteiger partial charge in [-0.15, -0.1) is 10.2 Å². The molecular formula is C24H26N6O4S. The fourth-order valence-corrected chi connectivity index (χ4v) is 4.91. The number of imidazole rings is 1. The molecule has 0 spiro atoms. The van der Waals surface area contributed by atoms with Crippen molar-refractivity contribution in [3.05, 3.63) is 52.9 Å². The molecule has 1 aliphatic rings. The normalized spacial score (nSPS) is 16.5. The molecule has 4 aromatic rings. The van der Waals surface area contributed by atoms with Crippen molar-refractivity contribution < 1.29 is 14.3 Å². The highest BCUT2D eigenvalue weighted by molar-refractivity contribution is 8.00. The van der Waals surface area contributed by atoms with Crippen molar-refractivity contribution in [1.29, 1.82) is 0 Å². The Kier molecular flexibility index (Phi) is 6.60. The standard InChI is InChI=1S/C24H26N6O4S/c1-14(22(31)25-16-7-10-19-20(12-16)27-23(32)26-19)35-24-29-28-21(15-5-8-17(33-2)9-6-15)30(24)13-18-4-3-11-34-18/h5-10,12,14,18H,3-4,11,13H2,1-2H3,(H,25,31)(H2,26,27,32). The number of fused-ring (bicyclic) bond motifs is 1. The Hall–Kier alpha value is -3.57. The van der Waals surface area contributed by atoms with Gasteiger partial charge in [0, 0.05) is 17.9 Å². The van der Waals surface area contributed by atoms with Crippen LogP contribution in [0.15, 0.2) is 52.4 Å². The molecule has 3 N–H and O–H groups in total. The van der Waals surface area contributed by atoms with Crippen LogP contribution in [0.5, 0.6) is 5.75 Å². The van der Waals surface area contributed by atoms with Gasteiger partial charge in [-0.05, 0) is 62.2 Å². The molecule has 0 radical (unpaired) electrons. The minimum atomic E-state index is -0.438. The van der Waals surface area contributed by atoms with Gasteiger partial charge in [0.05, 0.1) is 36.0 Å². The van der Waals surface area contributed by atoms with E-state index in [1.165, 1.54) is 11.8 Å². The Bertz CT molecular complexity index is 1390. The molecule has 11 heteroatoms. The minimum Gasteiger partial charge on any atom is -0.497 e. The number of anilines is 1. The molecule has 1 fully saturated rings. The van der Waals surface area contributed by atoms with E-state index in [1.54, 1.807) is 25.3 Å². The third-order valence-corrected chi connectivity index (χ3v) is 6.99. The second-order valence-electron chi connectivity index (χ2n) is 8.37. The summed E-state index contributed by atoms with van der Waals surface area (Å²) in [5.74, 6) is 1.31. The predicted molar refractivity (Wildman–Crippen MR) is 134 cm³/mol. The maximum atomic E-state index is 13.0. The van der Waals surface area contributed by atoms with Gasteiger partial charge in [-0.2, -0.15) is 0 Å². The Morgan fingerprint density at radius 3 is 2.77 bits per heavy atom. The van der Waals surface area contributed by atoms with Crippen LogP contribution in [0.1, 0.15) is 19.8 Å². The first-order valence-corrected chi connectivity index (χ1v) is 12.3. The average Bonchev–Trinajstić information content (AvgIpc) is 3.59. The van der Waals surface area contributed by atoms with Crippen LogP contribution in [0.4, 0.5) is 5.69 Å². The van der Waals surface area contributed by atoms with Crippen LogP contribution in [0.2, 0.25) is 0 Å². The molecule has 2 atom stereocenters. The Labute approximate surface area is 205 Å². The summed E-state index contributed by atoms with van der Waals surface area (Å²) in [4.78, 5) is 29.8. The van der Waals surface area contributed by atoms with Crippen molar-refractivity contribution in [3.8, 4) is 17.1 Å². The van der Waals surface area contributed by atoms with E-state index in [-0.39, 0.29) is 17.7 Å². The summed E-state index contributed by atoms with van der Waals surface area (Å²) in [6, 6.07) is 12.9. The van der Waals surface area contributed by atoms with Gasteiger partial charge in [0.15, 0.2) is 11.0 Å². The number of methoxy groups -OCH3 is 1. The van der Waals surface area contributed by atoms with Crippen LogP contribution < -0.4 is 15.7 Å². The number of aromatic nitrogens is 5. The van der Waals surface area contributed by atoms with Gasteiger partial charge in [-0.25, -0.2) is 4.79 Å². The quantitative estimate of drug-likeness (QED) is 0.320. The highest BCUT2D eigenvalue weighted by Gasteiger charge is 2.25. The van der Waals surface area contributed by atoms with Crippen molar-refractivity contribution in [2.24, 2.45) is 0 Å². The molecule has 0 bridgehead atoms. The largest absolute Gasteiger partial charge is 0.497 e. The molecule has 2 aromatic carbocycles. The van der Waals surface area contributed by atoms with Gasteiger partial charge in [0.1, 0.15) is 5.75 Å². The van der Waals surface area contributed by atoms with Crippen molar-refractivity contribution in [2.45, 2.75) is 42.8 Å². The lowest BCUT2D eigenvalue weighted by atomic mass is 10.2. The molecule has 182 valence electrons. The van der Waals surface area contributed by atoms with Crippen LogP contribution >= 0.6 is 11.8 Å². The number of ether oxygens (including phenoxy) is 2. The fourth-order valence-electron chi connectivity index (χ4n) is 4.05. The monoisotopic (exact) mass is 494 g/mol. The molecule has 0 aliphatic carbocycles. The number of carbonyl (C=O) groups is 1. The molecule has 1 amide bonds. The summed E-state index contributed by atoms with van der Waals surface area (Å²) >= 11 is 1.34. The summed E-state index contributed by atoms with van der Waals surface area (Å²) in [5.41, 5.74) is 2.54. The van der Waals surface area contributed by atoms with Gasteiger partial charge >= 0.3 is 5.69 Å². The van der Waals surface area contributed by atoms with Crippen molar-refractivity contribution in [2.75, 3.05) is 19.0 Å². The predicted octanol–water partition coefficient (Wildman–Crippen LogP) is 3.42. The lowest BCUT2D eigenvalue weighted by molar-refractivity contribution is -0.115. The van der Waals surface area contributed by atoms with Crippen LogP contribution in [-0.2, 0) is 16.1 Å². The molecule has 3 heterocycles. The highest BCUT2D eigenvalue weighted by Crippen LogP contribution is 2.30. The van der Waals surface area contributed by atoms with Gasteiger partial charge in [0.2, 0.25) is 5.91 Å². The molecule has 1 saturated heterocycles. The van der Waals surface area contributed by atoms with E-state index in [2.05, 4.69) is 25.5 Å². The van der Waals surface area contributed by atoms with E-state index in [0.717, 1.165) is 36.6 Å². The van der Waals surface area contributed by atoms with E-state index < -0.39 is 5.25 Å². The number of amides is 1. The summed E-state index contributed by atoms with van der Waals surface area (Å²) in [6.07, 6.45) is 2.09. The third-order valence-electron chi connectivity index (χ3n) is 5.91. The van der Waals surface area contributed by atoms with E-state index in [4.69, 9.17) is 9.47 Å². The van der Waals surface area contributed by atoms with Gasteiger partial charge in [-0.3, -0.25) is 9.36 Å². The first-order valence-electron chi connectivity index (χ1n) is 11.4. The third kappa shape index (κ3) is 5.10. The molecule has 2 aromatic heterocycles. The highest BCUT2D eigenvalue weighted by atomic mass is 32.2. The second-order valence-corrected chi connectivity index (χ2v) is 9.68. The van der Waals surface area contributed by atoms with Crippen LogP contribution in [0, 0.1) is 0 Å². The maximum absolute atomic E-state index is 13.0. The zero-order chi connectivity index (χ0) is 24.4. The molecule has 5 rings (SSSR count). The molecule has 35 heavy (non-hydrogen) atoms. The fraction of sp³-hybridized carbons (Fsp3) is 0.333. The minimum absolute atomic E-state index is 0.0849. The molecular weight excluding hydrogens is 468 g/mol. The topological polar surface area (TPSA) is 127 Å². The number of thioether (sulfide) groups is 1. The van der Waals surface area contributed by atoms with Crippen LogP contribution in [0.3, 0.4) is 0 Å². The Morgan fingerprint density at radius 2 is 2.03 bits per heavy atom. The van der Waals surface area contributed by atoms with Crippen molar-refractivity contribution >= 4 is 34.4 Å². The van der Waals surface area contributed by atoms with E-state index in [9.17, 15) is 9.59 Å². The van der Waals surface area contributed by atoms with E-state index in [0.29, 0.717) is 28.4 Å². The molecule has 10 nitrogen and oxygen atoms in total. The number of nitrogens with zero attached hydrogens (tertiary/aromatic N) is 3. The Morgan fingerprint density at radius 1 is 1.23 bits per heavy atom. The van der Waals surface area contributed by atoms with Crippen molar-refractivity contribution in [3.63, 3.8) is 0 Å². The van der Waals surface area contributed by atoms with E-state index in [1.807, 2.05) is 35.8 Å². The number of carbonyl (C=O) groups excluding carboxylic acids is 1. The average molecular weight is 495 g/mol. The first kappa shape index (κ1) is 23.2. The maximum Gasteiger partial charge on any atom is 0.323 e. The van der Waals surface area contributed by atoms with Gasteiger partial charge in [0.25, 0.3) is 0 Å². The Balaban J connectivity index is 1.35. The SMILES string of the molecule is COc1ccc(-c2nnc(SC(C)C(=O)Nc3ccc4[nH]c(=O)[nH]c4c3)n2CC2CCCO2)cc1. The second kappa shape index (κ2) is 9.96. The summed E-state index contributed by atoms with van der Waals surface area (Å²) in [6.45, 7) is 3.19. The zero-order valence-electron chi connectivity index (χ0n) is 19.4. The zero-order valence-corrected chi connectivity index (χ0v) is 20.2. The molecule has 0 saturated carbocycles. The number of hydrogen-bond acceptors (Lipinski definition) is 7. The van der Waals surface area contributed by atoms with Gasteiger partial charge in [-0.1, -0.05) is 11.8 Å². The molecule has 2 unspecified atom stereocenters. The first-order chi connectivity index (χ1) is 17.0. The molecule has 1 aliphatic heterocycles. The summed E-state index contributed by atoms with van der Waals surface area (Å²) < 4.78 is 13.2. The number of rotatable bonds is 8. The smallest absolute Gasteiger partial charge is 0.323 e. The van der Waals surface area contributed by atoms with E-state index >= 15 is 0 Å². The van der Waals surface area contributed by atoms with Crippen molar-refractivity contribution in [1.82, 2.24) is 24.7 Å². The number of aromatic amines is 2. The summed E-state index contributed by atoms with van der Waals surface area (Å²) in [5, 5.41) is 12.0. The van der Waals surface area contributed by atoms with Crippen LogP contribution in [0.25, 0.3) is 22.4 Å². The van der Waals surface area contributed by atoms with Gasteiger partial charge < -0.3 is 24.8 Å². The van der Waals surface area contributed by atoms with Crippen LogP contribution in [-0.4, -0.2) is 55.7 Å². The number of hydrogen-bond donors (Lipinski definition) is 3. The summed E-state index contributed by atoms with van der Waals surface area (Å²) in [7, 11) is 1.63. The lowest BCUT2D eigenvalue weighted by Gasteiger charge is -2.16.